The molecule has 0 aliphatic heterocycles. The van der Waals surface area contributed by atoms with Crippen LogP contribution < -0.4 is 5.32 Å². The molecule has 2 aromatic rings. The fraction of sp³-hybridized carbons (Fsp3) is 0.542. The normalized spacial score (nSPS) is 18.2. The summed E-state index contributed by atoms with van der Waals surface area (Å²) in [5.41, 5.74) is 5.64. The molecule has 0 saturated carbocycles. The number of carbonyl (C=O) groups excluding carboxylic acids is 1. The number of hydrogen-bond acceptors (Lipinski definition) is 4. The molecule has 3 N–H and O–H groups in total. The van der Waals surface area contributed by atoms with Crippen LogP contribution >= 0.6 is 0 Å². The molecule has 5 heteroatoms. The lowest BCUT2D eigenvalue weighted by atomic mass is 9.62. The van der Waals surface area contributed by atoms with Crippen LogP contribution in [0.4, 0.5) is 0 Å². The molecule has 0 bridgehead atoms. The zero-order valence-corrected chi connectivity index (χ0v) is 18.1. The van der Waals surface area contributed by atoms with Crippen LogP contribution in [0.5, 0.6) is 0 Å². The number of benzene rings is 1. The molecule has 158 valence electrons. The van der Waals surface area contributed by atoms with E-state index in [-0.39, 0.29) is 23.1 Å². The average Bonchev–Trinajstić information content (AvgIpc) is 3.13. The number of aliphatic hydroxyl groups is 2. The minimum absolute atomic E-state index is 0.0137. The Kier molecular flexibility index (Phi) is 5.93. The fourth-order valence-corrected chi connectivity index (χ4v) is 4.10. The third kappa shape index (κ3) is 4.57. The van der Waals surface area contributed by atoms with Crippen molar-refractivity contribution in [1.29, 1.82) is 0 Å². The number of nitrogens with one attached hydrogen (secondary N) is 1. The predicted molar refractivity (Wildman–Crippen MR) is 113 cm³/mol. The molecule has 0 fully saturated rings. The van der Waals surface area contributed by atoms with E-state index in [1.54, 1.807) is 6.07 Å². The highest BCUT2D eigenvalue weighted by atomic mass is 16.4. The molecule has 5 nitrogen and oxygen atoms in total. The van der Waals surface area contributed by atoms with Crippen LogP contribution in [0.2, 0.25) is 0 Å². The van der Waals surface area contributed by atoms with Crippen LogP contribution in [0.25, 0.3) is 0 Å². The van der Waals surface area contributed by atoms with Gasteiger partial charge in [-0.15, -0.1) is 0 Å². The quantitative estimate of drug-likeness (QED) is 0.693. The highest BCUT2D eigenvalue weighted by molar-refractivity contribution is 5.91. The van der Waals surface area contributed by atoms with Gasteiger partial charge in [-0.25, -0.2) is 0 Å². The van der Waals surface area contributed by atoms with Crippen LogP contribution in [0.1, 0.15) is 79.1 Å². The largest absolute Gasteiger partial charge is 0.456 e. The topological polar surface area (TPSA) is 82.7 Å². The Morgan fingerprint density at radius 1 is 1.14 bits per heavy atom. The van der Waals surface area contributed by atoms with Crippen LogP contribution in [0.15, 0.2) is 28.7 Å². The number of fused-ring (bicyclic) bond motifs is 1. The van der Waals surface area contributed by atoms with Crippen LogP contribution in [0, 0.1) is 6.92 Å². The number of aliphatic hydroxyl groups excluding tert-OH is 2. The molecule has 29 heavy (non-hydrogen) atoms. The van der Waals surface area contributed by atoms with Gasteiger partial charge in [-0.1, -0.05) is 39.8 Å². The standard InChI is InChI=1S/C24H33NO4/c1-15-10-19-20(24(4,5)9-8-23(19,2)3)12-16(15)11-18-6-7-21(29-18)22(28)25-13-17(27)14-26/h6-7,10,12,17,26-27H,8-9,11,13-14H2,1-5H3,(H,25,28). The maximum Gasteiger partial charge on any atom is 0.287 e. The molecule has 1 aromatic heterocycles. The molecule has 1 unspecified atom stereocenters. The Hall–Kier alpha value is -2.11. The zero-order valence-electron chi connectivity index (χ0n) is 18.1. The van der Waals surface area contributed by atoms with Crippen LogP contribution in [-0.4, -0.2) is 35.4 Å². The number of hydrogen-bond donors (Lipinski definition) is 3. The smallest absolute Gasteiger partial charge is 0.287 e. The van der Waals surface area contributed by atoms with Crippen molar-refractivity contribution in [2.24, 2.45) is 0 Å². The third-order valence-corrected chi connectivity index (χ3v) is 6.27. The van der Waals surface area contributed by atoms with Gasteiger partial charge in [-0.3, -0.25) is 4.79 Å². The summed E-state index contributed by atoms with van der Waals surface area (Å²) < 4.78 is 5.75. The van der Waals surface area contributed by atoms with Crippen LogP contribution in [-0.2, 0) is 17.3 Å². The molecule has 1 aliphatic rings. The number of aryl methyl sites for hydroxylation is 1. The highest BCUT2D eigenvalue weighted by Crippen LogP contribution is 2.46. The monoisotopic (exact) mass is 399 g/mol. The summed E-state index contributed by atoms with van der Waals surface area (Å²) in [6, 6.07) is 8.13. The molecule has 1 heterocycles. The number of carbonyl (C=O) groups is 1. The lowest BCUT2D eigenvalue weighted by Crippen LogP contribution is -2.34. The SMILES string of the molecule is Cc1cc2c(cc1Cc1ccc(C(=O)NCC(O)CO)o1)C(C)(C)CCC2(C)C. The van der Waals surface area contributed by atoms with Gasteiger partial charge in [0.2, 0.25) is 0 Å². The van der Waals surface area contributed by atoms with Crippen molar-refractivity contribution in [1.82, 2.24) is 5.32 Å². The van der Waals surface area contributed by atoms with Gasteiger partial charge in [-0.2, -0.15) is 0 Å². The van der Waals surface area contributed by atoms with Gasteiger partial charge in [0.1, 0.15) is 5.76 Å². The van der Waals surface area contributed by atoms with Crippen LogP contribution in [0.3, 0.4) is 0 Å². The first-order valence-electron chi connectivity index (χ1n) is 10.3. The van der Waals surface area contributed by atoms with Gasteiger partial charge in [-0.05, 0) is 65.0 Å². The predicted octanol–water partition coefficient (Wildman–Crippen LogP) is 3.61. The van der Waals surface area contributed by atoms with E-state index in [1.165, 1.54) is 35.1 Å². The summed E-state index contributed by atoms with van der Waals surface area (Å²) >= 11 is 0. The number of furan rings is 1. The van der Waals surface area contributed by atoms with Gasteiger partial charge >= 0.3 is 0 Å². The van der Waals surface area contributed by atoms with Crippen molar-refractivity contribution in [3.8, 4) is 0 Å². The fourth-order valence-electron chi connectivity index (χ4n) is 4.10. The van der Waals surface area contributed by atoms with Crippen molar-refractivity contribution in [3.05, 3.63) is 58.0 Å². The van der Waals surface area contributed by atoms with E-state index in [2.05, 4.69) is 52.1 Å². The Bertz CT molecular complexity index is 894. The summed E-state index contributed by atoms with van der Waals surface area (Å²) in [7, 11) is 0. The number of rotatable bonds is 6. The molecule has 1 aliphatic carbocycles. The first kappa shape index (κ1) is 21.6. The maximum absolute atomic E-state index is 12.1. The van der Waals surface area contributed by atoms with Gasteiger partial charge < -0.3 is 19.9 Å². The molecule has 3 rings (SSSR count). The summed E-state index contributed by atoms with van der Waals surface area (Å²) in [5.74, 6) is 0.546. The highest BCUT2D eigenvalue weighted by Gasteiger charge is 2.37. The van der Waals surface area contributed by atoms with E-state index < -0.39 is 18.6 Å². The third-order valence-electron chi connectivity index (χ3n) is 6.27. The molecule has 1 aromatic carbocycles. The molecule has 1 amide bonds. The first-order valence-corrected chi connectivity index (χ1v) is 10.3. The minimum atomic E-state index is -0.973. The second kappa shape index (κ2) is 7.96. The minimum Gasteiger partial charge on any atom is -0.456 e. The second-order valence-electron chi connectivity index (χ2n) is 9.58. The van der Waals surface area contributed by atoms with Gasteiger partial charge in [0, 0.05) is 13.0 Å². The Morgan fingerprint density at radius 3 is 2.38 bits per heavy atom. The zero-order chi connectivity index (χ0) is 21.4. The van der Waals surface area contributed by atoms with Crippen molar-refractivity contribution in [3.63, 3.8) is 0 Å². The lowest BCUT2D eigenvalue weighted by Gasteiger charge is -2.42. The Balaban J connectivity index is 1.81. The first-order chi connectivity index (χ1) is 13.5. The van der Waals surface area contributed by atoms with Crippen molar-refractivity contribution in [2.75, 3.05) is 13.2 Å². The molecule has 0 radical (unpaired) electrons. The van der Waals surface area contributed by atoms with E-state index in [0.717, 1.165) is 5.76 Å². The summed E-state index contributed by atoms with van der Waals surface area (Å²) in [4.78, 5) is 12.1. The molecule has 1 atom stereocenters. The Labute approximate surface area is 173 Å². The summed E-state index contributed by atoms with van der Waals surface area (Å²) in [6.45, 7) is 11.0. The van der Waals surface area contributed by atoms with Crippen molar-refractivity contribution < 1.29 is 19.4 Å². The molecular weight excluding hydrogens is 366 g/mol. The van der Waals surface area contributed by atoms with E-state index in [9.17, 15) is 9.90 Å². The number of amides is 1. The summed E-state index contributed by atoms with van der Waals surface area (Å²) in [5, 5.41) is 20.8. The van der Waals surface area contributed by atoms with E-state index in [4.69, 9.17) is 9.52 Å². The summed E-state index contributed by atoms with van der Waals surface area (Å²) in [6.07, 6.45) is 2.01. The van der Waals surface area contributed by atoms with E-state index in [1.807, 2.05) is 6.07 Å². The molecule has 0 saturated heterocycles. The van der Waals surface area contributed by atoms with E-state index >= 15 is 0 Å². The second-order valence-corrected chi connectivity index (χ2v) is 9.58. The van der Waals surface area contributed by atoms with E-state index in [0.29, 0.717) is 6.42 Å². The molecule has 0 spiro atoms. The van der Waals surface area contributed by atoms with Crippen molar-refractivity contribution >= 4 is 5.91 Å². The van der Waals surface area contributed by atoms with Crippen molar-refractivity contribution in [2.45, 2.75) is 70.8 Å². The average molecular weight is 400 g/mol. The molecular formula is C24H33NO4. The van der Waals surface area contributed by atoms with Gasteiger partial charge in [0.25, 0.3) is 5.91 Å². The van der Waals surface area contributed by atoms with Gasteiger partial charge in [0.15, 0.2) is 5.76 Å². The van der Waals surface area contributed by atoms with Gasteiger partial charge in [0.05, 0.1) is 12.7 Å². The lowest BCUT2D eigenvalue weighted by molar-refractivity contribution is 0.0783. The maximum atomic E-state index is 12.1. The Morgan fingerprint density at radius 2 is 1.76 bits per heavy atom.